The maximum Gasteiger partial charge on any atom is 0.269 e. The minimum Gasteiger partial charge on any atom is -1.00 e. The van der Waals surface area contributed by atoms with Crippen molar-refractivity contribution in [1.29, 1.82) is 0 Å². The predicted molar refractivity (Wildman–Crippen MR) is 106 cm³/mol. The highest BCUT2D eigenvalue weighted by Gasteiger charge is 2.31. The van der Waals surface area contributed by atoms with Gasteiger partial charge in [0.05, 0.1) is 36.0 Å². The van der Waals surface area contributed by atoms with Gasteiger partial charge in [-0.05, 0) is 22.9 Å². The summed E-state index contributed by atoms with van der Waals surface area (Å²) in [6.07, 6.45) is 0. The summed E-state index contributed by atoms with van der Waals surface area (Å²) in [6, 6.07) is 19.3. The number of nitro benzene ring substituents is 1. The van der Waals surface area contributed by atoms with Crippen LogP contribution in [0.5, 0.6) is 0 Å². The number of quaternary nitrogens is 1. The molecular weight excluding hydrogens is 414 g/mol. The van der Waals surface area contributed by atoms with E-state index >= 15 is 0 Å². The van der Waals surface area contributed by atoms with Crippen LogP contribution in [0.1, 0.15) is 0 Å². The second kappa shape index (κ2) is 8.46. The number of sulfonamides is 1. The number of benzene rings is 3. The monoisotopic (exact) mass is 433 g/mol. The lowest BCUT2D eigenvalue weighted by Gasteiger charge is -2.31. The zero-order valence-electron chi connectivity index (χ0n) is 15.5. The van der Waals surface area contributed by atoms with Crippen molar-refractivity contribution in [2.24, 2.45) is 0 Å². The number of non-ortho nitro benzene ring substituents is 1. The Morgan fingerprint density at radius 1 is 0.897 bits per heavy atom. The van der Waals surface area contributed by atoms with Gasteiger partial charge in [0.1, 0.15) is 5.69 Å². The standard InChI is InChI=1S/C20H19N3O4S.ClH/c24-23(25)19-8-6-18(7-9-19)21-11-13-22(14-12-21)28(26,27)20-10-5-16-3-1-2-4-17(16)15-20;/h1-10,15H,11-14H2;1H. The van der Waals surface area contributed by atoms with Crippen molar-refractivity contribution >= 4 is 32.2 Å². The van der Waals surface area contributed by atoms with Gasteiger partial charge < -0.3 is 17.3 Å². The van der Waals surface area contributed by atoms with Gasteiger partial charge in [-0.15, -0.1) is 0 Å². The fourth-order valence-corrected chi connectivity index (χ4v) is 5.06. The van der Waals surface area contributed by atoms with Gasteiger partial charge in [0.25, 0.3) is 5.69 Å². The largest absolute Gasteiger partial charge is 1.00 e. The normalized spacial score (nSPS) is 15.7. The zero-order valence-corrected chi connectivity index (χ0v) is 17.1. The summed E-state index contributed by atoms with van der Waals surface area (Å²) in [7, 11) is -3.55. The molecule has 1 aliphatic heterocycles. The molecule has 4 rings (SSSR count). The van der Waals surface area contributed by atoms with E-state index in [-0.39, 0.29) is 18.1 Å². The van der Waals surface area contributed by atoms with Gasteiger partial charge in [0.2, 0.25) is 10.0 Å². The number of rotatable bonds is 4. The topological polar surface area (TPSA) is 85.0 Å². The quantitative estimate of drug-likeness (QED) is 0.421. The van der Waals surface area contributed by atoms with E-state index < -0.39 is 14.9 Å². The highest BCUT2D eigenvalue weighted by atomic mass is 35.5. The molecule has 1 fully saturated rings. The van der Waals surface area contributed by atoms with Crippen LogP contribution in [0.3, 0.4) is 0 Å². The maximum atomic E-state index is 13.0. The highest BCUT2D eigenvalue weighted by molar-refractivity contribution is 7.89. The molecule has 0 atom stereocenters. The van der Waals surface area contributed by atoms with Crippen molar-refractivity contribution in [2.75, 3.05) is 26.2 Å². The first-order valence-corrected chi connectivity index (χ1v) is 10.5. The lowest BCUT2D eigenvalue weighted by atomic mass is 10.1. The molecule has 0 saturated carbocycles. The fraction of sp³-hybridized carbons (Fsp3) is 0.200. The van der Waals surface area contributed by atoms with Crippen molar-refractivity contribution in [1.82, 2.24) is 4.31 Å². The van der Waals surface area contributed by atoms with Gasteiger partial charge in [-0.2, -0.15) is 4.31 Å². The first kappa shape index (κ1) is 21.2. The summed E-state index contributed by atoms with van der Waals surface area (Å²) in [5.41, 5.74) is 0.994. The van der Waals surface area contributed by atoms with Crippen LogP contribution in [-0.2, 0) is 10.0 Å². The van der Waals surface area contributed by atoms with E-state index in [2.05, 4.69) is 0 Å². The third-order valence-electron chi connectivity index (χ3n) is 5.17. The molecule has 1 heterocycles. The number of nitro groups is 1. The Balaban J connectivity index is 0.00000240. The summed E-state index contributed by atoms with van der Waals surface area (Å²) < 4.78 is 27.6. The molecule has 0 unspecified atom stereocenters. The Bertz CT molecular complexity index is 1130. The van der Waals surface area contributed by atoms with E-state index in [0.29, 0.717) is 31.1 Å². The van der Waals surface area contributed by atoms with Crippen LogP contribution in [-0.4, -0.2) is 43.8 Å². The van der Waals surface area contributed by atoms with Crippen LogP contribution in [0.25, 0.3) is 10.8 Å². The number of fused-ring (bicyclic) bond motifs is 1. The lowest BCUT2D eigenvalue weighted by Crippen LogP contribution is -3.10. The van der Waals surface area contributed by atoms with Crippen molar-refractivity contribution in [3.63, 3.8) is 0 Å². The minimum atomic E-state index is -3.55. The Labute approximate surface area is 175 Å². The Morgan fingerprint density at radius 2 is 1.52 bits per heavy atom. The Morgan fingerprint density at radius 3 is 2.14 bits per heavy atom. The SMILES string of the molecule is O=[N+]([O-])c1ccc([NH+]2CCN(S(=O)(=O)c3ccc4ccccc4c3)CC2)cc1.[Cl-]. The van der Waals surface area contributed by atoms with Crippen molar-refractivity contribution in [2.45, 2.75) is 4.90 Å². The van der Waals surface area contributed by atoms with E-state index in [9.17, 15) is 18.5 Å². The number of hydrogen-bond acceptors (Lipinski definition) is 4. The zero-order chi connectivity index (χ0) is 19.7. The third kappa shape index (κ3) is 4.25. The average molecular weight is 434 g/mol. The molecule has 1 saturated heterocycles. The van der Waals surface area contributed by atoms with Gasteiger partial charge in [0, 0.05) is 24.3 Å². The van der Waals surface area contributed by atoms with Gasteiger partial charge >= 0.3 is 0 Å². The number of nitrogens with one attached hydrogen (secondary N) is 1. The molecule has 3 aromatic rings. The minimum absolute atomic E-state index is 0. The molecule has 29 heavy (non-hydrogen) atoms. The molecule has 0 bridgehead atoms. The number of nitrogens with zero attached hydrogens (tertiary/aromatic N) is 2. The van der Waals surface area contributed by atoms with Crippen molar-refractivity contribution in [3.8, 4) is 0 Å². The van der Waals surface area contributed by atoms with Gasteiger partial charge in [-0.1, -0.05) is 30.3 Å². The summed E-state index contributed by atoms with van der Waals surface area (Å²) in [6.45, 7) is 2.04. The molecule has 0 aromatic heterocycles. The van der Waals surface area contributed by atoms with Crippen LogP contribution >= 0.6 is 0 Å². The van der Waals surface area contributed by atoms with Gasteiger partial charge in [-0.25, -0.2) is 8.42 Å². The molecule has 1 aliphatic rings. The van der Waals surface area contributed by atoms with Crippen LogP contribution in [0.2, 0.25) is 0 Å². The van der Waals surface area contributed by atoms with Crippen LogP contribution in [0, 0.1) is 10.1 Å². The number of piperazine rings is 1. The molecule has 0 aliphatic carbocycles. The van der Waals surface area contributed by atoms with E-state index in [1.807, 2.05) is 30.3 Å². The second-order valence-electron chi connectivity index (χ2n) is 6.82. The van der Waals surface area contributed by atoms with Crippen molar-refractivity contribution in [3.05, 3.63) is 76.8 Å². The molecule has 0 amide bonds. The summed E-state index contributed by atoms with van der Waals surface area (Å²) in [5, 5.41) is 12.7. The van der Waals surface area contributed by atoms with Crippen LogP contribution in [0.4, 0.5) is 11.4 Å². The molecule has 152 valence electrons. The van der Waals surface area contributed by atoms with Gasteiger partial charge in [-0.3, -0.25) is 10.1 Å². The lowest BCUT2D eigenvalue weighted by molar-refractivity contribution is -0.837. The molecule has 9 heteroatoms. The maximum absolute atomic E-state index is 13.0. The van der Waals surface area contributed by atoms with E-state index in [1.54, 1.807) is 24.3 Å². The summed E-state index contributed by atoms with van der Waals surface area (Å²) in [4.78, 5) is 11.8. The summed E-state index contributed by atoms with van der Waals surface area (Å²) in [5.74, 6) is 0. The second-order valence-corrected chi connectivity index (χ2v) is 8.76. The van der Waals surface area contributed by atoms with Crippen molar-refractivity contribution < 1.29 is 30.6 Å². The molecule has 1 N–H and O–H groups in total. The smallest absolute Gasteiger partial charge is 0.269 e. The van der Waals surface area contributed by atoms with E-state index in [0.717, 1.165) is 21.4 Å². The highest BCUT2D eigenvalue weighted by Crippen LogP contribution is 2.22. The first-order valence-electron chi connectivity index (χ1n) is 9.04. The number of halogens is 1. The van der Waals surface area contributed by atoms with Gasteiger partial charge in [0.15, 0.2) is 0 Å². The molecule has 0 spiro atoms. The predicted octanol–water partition coefficient (Wildman–Crippen LogP) is -1.03. The average Bonchev–Trinajstić information content (AvgIpc) is 2.73. The summed E-state index contributed by atoms with van der Waals surface area (Å²) >= 11 is 0. The first-order chi connectivity index (χ1) is 13.4. The Hall–Kier alpha value is -2.52. The third-order valence-corrected chi connectivity index (χ3v) is 7.07. The van der Waals surface area contributed by atoms with E-state index in [1.165, 1.54) is 16.4 Å². The number of hydrogen-bond donors (Lipinski definition) is 1. The van der Waals surface area contributed by atoms with Crippen LogP contribution < -0.4 is 17.3 Å². The Kier molecular flexibility index (Phi) is 6.18. The molecule has 7 nitrogen and oxygen atoms in total. The fourth-order valence-electron chi connectivity index (χ4n) is 3.58. The molecular formula is C20H20ClN3O4S. The van der Waals surface area contributed by atoms with Crippen LogP contribution in [0.15, 0.2) is 71.6 Å². The molecule has 0 radical (unpaired) electrons. The van der Waals surface area contributed by atoms with E-state index in [4.69, 9.17) is 0 Å². The molecule has 3 aromatic carbocycles.